The summed E-state index contributed by atoms with van der Waals surface area (Å²) in [6.07, 6.45) is 1.02. The third-order valence-electron chi connectivity index (χ3n) is 5.30. The van der Waals surface area contributed by atoms with Crippen molar-refractivity contribution in [1.82, 2.24) is 10.6 Å². The van der Waals surface area contributed by atoms with Gasteiger partial charge in [0.05, 0.1) is 12.5 Å². The second-order valence-electron chi connectivity index (χ2n) is 8.36. The molecule has 2 atom stereocenters. The number of nitrogens with two attached hydrogens (primary N) is 2. The molecule has 2 aromatic rings. The molecule has 9 N–H and O–H groups in total. The molecule has 0 aliphatic rings. The molecule has 0 spiro atoms. The molecule has 2 aromatic carbocycles. The number of nitrogens with one attached hydrogen (secondary N) is 3. The molecule has 12 nitrogen and oxygen atoms in total. The maximum absolute atomic E-state index is 12.9. The van der Waals surface area contributed by atoms with E-state index in [9.17, 15) is 29.1 Å². The number of imide groups is 1. The van der Waals surface area contributed by atoms with Gasteiger partial charge in [0.1, 0.15) is 11.8 Å². The van der Waals surface area contributed by atoms with Crippen LogP contribution in [0, 0.1) is 0 Å². The van der Waals surface area contributed by atoms with Crippen LogP contribution in [0.3, 0.4) is 0 Å². The summed E-state index contributed by atoms with van der Waals surface area (Å²) in [6, 6.07) is 8.03. The van der Waals surface area contributed by atoms with Crippen LogP contribution in [0.1, 0.15) is 43.0 Å². The van der Waals surface area contributed by atoms with E-state index in [4.69, 9.17) is 16.6 Å². The largest absolute Gasteiger partial charge is 0.508 e. The van der Waals surface area contributed by atoms with Crippen LogP contribution in [0.25, 0.3) is 11.1 Å². The maximum Gasteiger partial charge on any atom is 0.305 e. The number of carbonyl (C=O) groups is 5. The Balaban J connectivity index is 2.36. The number of carbonyl (C=O) groups excluding carboxylic acids is 4. The highest BCUT2D eigenvalue weighted by Gasteiger charge is 2.23. The highest BCUT2D eigenvalue weighted by atomic mass is 16.4. The molecule has 198 valence electrons. The second-order valence-corrected chi connectivity index (χ2v) is 8.36. The van der Waals surface area contributed by atoms with Crippen molar-refractivity contribution in [2.45, 2.75) is 44.7 Å². The highest BCUT2D eigenvalue weighted by molar-refractivity contribution is 6.10. The van der Waals surface area contributed by atoms with Crippen LogP contribution in [0.4, 0.5) is 5.69 Å². The van der Waals surface area contributed by atoms with E-state index < -0.39 is 42.2 Å². The van der Waals surface area contributed by atoms with E-state index >= 15 is 0 Å². The quantitative estimate of drug-likeness (QED) is 0.198. The lowest BCUT2D eigenvalue weighted by molar-refractivity contribution is -0.139. The van der Waals surface area contributed by atoms with Crippen molar-refractivity contribution >= 4 is 35.3 Å². The van der Waals surface area contributed by atoms with Gasteiger partial charge in [0.2, 0.25) is 17.7 Å². The van der Waals surface area contributed by atoms with Crippen LogP contribution in [-0.2, 0) is 19.2 Å². The smallest absolute Gasteiger partial charge is 0.305 e. The molecular weight excluding hydrogens is 482 g/mol. The summed E-state index contributed by atoms with van der Waals surface area (Å²) in [6.45, 7) is 1.76. The summed E-state index contributed by atoms with van der Waals surface area (Å²) in [4.78, 5) is 60.4. The summed E-state index contributed by atoms with van der Waals surface area (Å²) in [5.41, 5.74) is 12.0. The molecule has 0 fully saturated rings. The zero-order chi connectivity index (χ0) is 27.5. The number of amides is 4. The van der Waals surface area contributed by atoms with Crippen molar-refractivity contribution in [3.8, 4) is 16.9 Å². The van der Waals surface area contributed by atoms with Gasteiger partial charge < -0.3 is 32.3 Å². The van der Waals surface area contributed by atoms with E-state index in [0.29, 0.717) is 37.1 Å². The summed E-state index contributed by atoms with van der Waals surface area (Å²) in [5, 5.41) is 26.2. The lowest BCUT2D eigenvalue weighted by Crippen LogP contribution is -2.44. The Morgan fingerprint density at radius 2 is 1.73 bits per heavy atom. The Morgan fingerprint density at radius 1 is 1.00 bits per heavy atom. The van der Waals surface area contributed by atoms with Gasteiger partial charge in [-0.05, 0) is 67.3 Å². The molecule has 1 unspecified atom stereocenters. The van der Waals surface area contributed by atoms with E-state index in [1.165, 1.54) is 37.3 Å². The number of phenols is 1. The zero-order valence-corrected chi connectivity index (χ0v) is 20.3. The summed E-state index contributed by atoms with van der Waals surface area (Å²) < 4.78 is 0. The van der Waals surface area contributed by atoms with Gasteiger partial charge in [-0.15, -0.1) is 0 Å². The second kappa shape index (κ2) is 13.7. The van der Waals surface area contributed by atoms with Crippen LogP contribution in [0.2, 0.25) is 0 Å². The lowest BCUT2D eigenvalue weighted by atomic mass is 9.97. The first-order chi connectivity index (χ1) is 17.5. The number of hydrogen-bond donors (Lipinski definition) is 7. The Labute approximate surface area is 213 Å². The molecule has 0 bridgehead atoms. The molecule has 0 heterocycles. The van der Waals surface area contributed by atoms with Gasteiger partial charge in [0.25, 0.3) is 5.91 Å². The molecule has 0 radical (unpaired) electrons. The number of rotatable bonds is 12. The van der Waals surface area contributed by atoms with Crippen molar-refractivity contribution in [1.29, 1.82) is 0 Å². The fourth-order valence-corrected chi connectivity index (χ4v) is 3.52. The number of benzene rings is 2. The molecule has 0 aliphatic heterocycles. The van der Waals surface area contributed by atoms with Crippen molar-refractivity contribution in [3.05, 3.63) is 48.0 Å². The Morgan fingerprint density at radius 3 is 2.35 bits per heavy atom. The van der Waals surface area contributed by atoms with Crippen molar-refractivity contribution in [2.75, 3.05) is 11.9 Å². The minimum Gasteiger partial charge on any atom is -0.508 e. The average Bonchev–Trinajstić information content (AvgIpc) is 2.82. The third-order valence-corrected chi connectivity index (χ3v) is 5.30. The van der Waals surface area contributed by atoms with Crippen LogP contribution in [-0.4, -0.2) is 58.4 Å². The third kappa shape index (κ3) is 9.02. The molecule has 2 rings (SSSR count). The van der Waals surface area contributed by atoms with Crippen molar-refractivity contribution in [3.63, 3.8) is 0 Å². The van der Waals surface area contributed by atoms with E-state index in [1.807, 2.05) is 0 Å². The normalized spacial score (nSPS) is 12.2. The fourth-order valence-electron chi connectivity index (χ4n) is 3.52. The van der Waals surface area contributed by atoms with E-state index in [2.05, 4.69) is 16.0 Å². The first kappa shape index (κ1) is 28.9. The Hall–Kier alpha value is -4.29. The Bertz CT molecular complexity index is 1170. The van der Waals surface area contributed by atoms with Crippen molar-refractivity contribution < 1.29 is 34.2 Å². The SMILES string of the molecule is CC(=O)NC(CCCCN)C(=O)Nc1ccc(C(=O)NC(=O)[C@@H](N)CC(=O)O)c(-c2cccc(O)c2)c1. The lowest BCUT2D eigenvalue weighted by Gasteiger charge is -2.19. The highest BCUT2D eigenvalue weighted by Crippen LogP contribution is 2.29. The average molecular weight is 514 g/mol. The van der Waals surface area contributed by atoms with Crippen LogP contribution in [0.15, 0.2) is 42.5 Å². The first-order valence-electron chi connectivity index (χ1n) is 11.6. The number of aromatic hydroxyl groups is 1. The van der Waals surface area contributed by atoms with Crippen LogP contribution < -0.4 is 27.4 Å². The van der Waals surface area contributed by atoms with Gasteiger partial charge in [-0.3, -0.25) is 29.3 Å². The minimum atomic E-state index is -1.44. The summed E-state index contributed by atoms with van der Waals surface area (Å²) >= 11 is 0. The minimum absolute atomic E-state index is 0.0147. The monoisotopic (exact) mass is 513 g/mol. The Kier molecular flexibility index (Phi) is 10.7. The number of unbranched alkanes of at least 4 members (excludes halogenated alkanes) is 1. The van der Waals surface area contributed by atoms with E-state index in [1.54, 1.807) is 12.1 Å². The molecule has 0 saturated carbocycles. The van der Waals surface area contributed by atoms with Gasteiger partial charge >= 0.3 is 5.97 Å². The first-order valence-corrected chi connectivity index (χ1v) is 11.6. The summed E-state index contributed by atoms with van der Waals surface area (Å²) in [7, 11) is 0. The van der Waals surface area contributed by atoms with Gasteiger partial charge in [-0.2, -0.15) is 0 Å². The number of aliphatic carboxylic acids is 1. The van der Waals surface area contributed by atoms with Crippen LogP contribution >= 0.6 is 0 Å². The number of carboxylic acids is 1. The number of phenolic OH excluding ortho intramolecular Hbond substituents is 1. The number of anilines is 1. The molecular formula is C25H31N5O7. The van der Waals surface area contributed by atoms with E-state index in [-0.39, 0.29) is 22.8 Å². The maximum atomic E-state index is 12.9. The fraction of sp³-hybridized carbons (Fsp3) is 0.320. The van der Waals surface area contributed by atoms with Crippen LogP contribution in [0.5, 0.6) is 5.75 Å². The predicted octanol–water partition coefficient (Wildman–Crippen LogP) is 0.690. The standard InChI is InChI=1S/C25H31N5O7/c1-14(31)28-21(7-2-3-10-26)25(37)29-16-8-9-18(19(12-16)15-5-4-6-17(32)11-15)23(35)30-24(36)20(27)13-22(33)34/h4-6,8-9,11-12,20-21,32H,2-3,7,10,13,26-27H2,1H3,(H,28,31)(H,29,37)(H,33,34)(H,30,35,36)/t20-,21?/m0/s1. The zero-order valence-electron chi connectivity index (χ0n) is 20.3. The molecule has 0 saturated heterocycles. The van der Waals surface area contributed by atoms with Gasteiger partial charge in [-0.1, -0.05) is 12.1 Å². The molecule has 0 aromatic heterocycles. The van der Waals surface area contributed by atoms with Gasteiger partial charge in [0.15, 0.2) is 0 Å². The predicted molar refractivity (Wildman–Crippen MR) is 135 cm³/mol. The number of hydrogen-bond acceptors (Lipinski definition) is 8. The van der Waals surface area contributed by atoms with Gasteiger partial charge in [-0.25, -0.2) is 0 Å². The molecule has 4 amide bonds. The molecule has 12 heteroatoms. The summed E-state index contributed by atoms with van der Waals surface area (Å²) in [5.74, 6) is -4.03. The molecule has 0 aliphatic carbocycles. The topological polar surface area (TPSA) is 214 Å². The van der Waals surface area contributed by atoms with Gasteiger partial charge in [0, 0.05) is 18.2 Å². The number of carboxylic acid groups (broad SMARTS) is 1. The van der Waals surface area contributed by atoms with E-state index in [0.717, 1.165) is 0 Å². The molecule has 37 heavy (non-hydrogen) atoms. The van der Waals surface area contributed by atoms with Crippen molar-refractivity contribution in [2.24, 2.45) is 11.5 Å².